The van der Waals surface area contributed by atoms with Crippen LogP contribution in [0.5, 0.6) is 0 Å². The van der Waals surface area contributed by atoms with Gasteiger partial charge in [0, 0.05) is 0 Å². The van der Waals surface area contributed by atoms with Crippen LogP contribution in [0.3, 0.4) is 0 Å². The van der Waals surface area contributed by atoms with E-state index in [1.165, 1.54) is 0 Å². The highest BCUT2D eigenvalue weighted by Crippen LogP contribution is 2.21. The first-order valence-corrected chi connectivity index (χ1v) is 3.68. The van der Waals surface area contributed by atoms with E-state index in [0.717, 1.165) is 0 Å². The predicted octanol–water partition coefficient (Wildman–Crippen LogP) is 4.16. The van der Waals surface area contributed by atoms with Crippen LogP contribution in [0.4, 0.5) is 11.4 Å². The lowest BCUT2D eigenvalue weighted by Gasteiger charge is -1.91. The topological polar surface area (TPSA) is 49.4 Å². The van der Waals surface area contributed by atoms with Gasteiger partial charge < -0.3 is 0 Å². The van der Waals surface area contributed by atoms with Crippen molar-refractivity contribution in [3.05, 3.63) is 24.3 Å². The molecule has 0 N–H and O–H groups in total. The van der Waals surface area contributed by atoms with Crippen LogP contribution >= 0.6 is 23.6 Å². The zero-order valence-electron chi connectivity index (χ0n) is 5.85. The first-order chi connectivity index (χ1) is 5.86. The lowest BCUT2D eigenvalue weighted by Crippen LogP contribution is -1.62. The molecule has 6 heteroatoms. The Kier molecular flexibility index (Phi) is 3.63. The minimum atomic E-state index is 0.603. The van der Waals surface area contributed by atoms with Crippen LogP contribution < -0.4 is 0 Å². The molecule has 0 saturated carbocycles. The second-order valence-electron chi connectivity index (χ2n) is 1.87. The third-order valence-corrected chi connectivity index (χ3v) is 1.29. The quantitative estimate of drug-likeness (QED) is 0.647. The van der Waals surface area contributed by atoms with Gasteiger partial charge in [-0.3, -0.25) is 0 Å². The first-order valence-electron chi connectivity index (χ1n) is 3.01. The maximum Gasteiger partial charge on any atom is 0.0890 e. The molecule has 0 aliphatic heterocycles. The molecule has 0 amide bonds. The third kappa shape index (κ3) is 2.56. The minimum absolute atomic E-state index is 0.603. The van der Waals surface area contributed by atoms with E-state index in [0.29, 0.717) is 11.4 Å². The maximum absolute atomic E-state index is 5.04. The van der Waals surface area contributed by atoms with E-state index in [2.05, 4.69) is 19.5 Å². The molecule has 1 aromatic carbocycles. The second-order valence-corrected chi connectivity index (χ2v) is 2.17. The number of benzene rings is 1. The zero-order valence-corrected chi connectivity index (χ0v) is 7.37. The van der Waals surface area contributed by atoms with Gasteiger partial charge in [0.1, 0.15) is 0 Å². The van der Waals surface area contributed by atoms with Gasteiger partial charge in [-0.25, -0.2) is 0 Å². The van der Waals surface area contributed by atoms with Gasteiger partial charge in [0.25, 0.3) is 0 Å². The number of rotatable bonds is 2. The Bertz CT molecular complexity index is 283. The van der Waals surface area contributed by atoms with Gasteiger partial charge in [-0.15, -0.1) is 10.2 Å². The summed E-state index contributed by atoms with van der Waals surface area (Å²) in [5.41, 5.74) is 1.21. The van der Waals surface area contributed by atoms with Crippen molar-refractivity contribution in [2.75, 3.05) is 0 Å². The van der Waals surface area contributed by atoms with Crippen LogP contribution in [0.2, 0.25) is 0 Å². The Labute approximate surface area is 79.2 Å². The van der Waals surface area contributed by atoms with Gasteiger partial charge in [-0.1, -0.05) is 15.3 Å². The number of halogens is 2. The highest BCUT2D eigenvalue weighted by atomic mass is 35.5. The first kappa shape index (κ1) is 9.09. The fraction of sp³-hybridized carbons (Fsp3) is 0. The summed E-state index contributed by atoms with van der Waals surface area (Å²) in [6, 6.07) is 6.87. The van der Waals surface area contributed by atoms with Gasteiger partial charge in [0.05, 0.1) is 34.9 Å². The lowest BCUT2D eigenvalue weighted by atomic mass is 10.3. The lowest BCUT2D eigenvalue weighted by molar-refractivity contribution is 1.29. The molecule has 4 nitrogen and oxygen atoms in total. The van der Waals surface area contributed by atoms with Crippen LogP contribution in [0.15, 0.2) is 43.8 Å². The van der Waals surface area contributed by atoms with Crippen LogP contribution in [0, 0.1) is 0 Å². The molecule has 0 aromatic heterocycles. The largest absolute Gasteiger partial charge is 0.138 e. The molecule has 0 fully saturated rings. The molecule has 1 rings (SSSR count). The van der Waals surface area contributed by atoms with Gasteiger partial charge in [-0.2, -0.15) is 0 Å². The summed E-state index contributed by atoms with van der Waals surface area (Å²) in [4.78, 5) is 0. The van der Waals surface area contributed by atoms with E-state index < -0.39 is 0 Å². The van der Waals surface area contributed by atoms with E-state index in [1.54, 1.807) is 24.3 Å². The Morgan fingerprint density at radius 3 is 1.83 bits per heavy atom. The molecule has 0 unspecified atom stereocenters. The van der Waals surface area contributed by atoms with Gasteiger partial charge >= 0.3 is 0 Å². The standard InChI is InChI=1S/C6H4Cl2N4/c7-11-9-5-2-1-3-6(4-5)10-12-8/h1-4H/b11-9+,12-10+. The molecule has 0 aliphatic carbocycles. The molecular weight excluding hydrogens is 199 g/mol. The van der Waals surface area contributed by atoms with E-state index >= 15 is 0 Å². The van der Waals surface area contributed by atoms with Crippen LogP contribution in [-0.4, -0.2) is 0 Å². The molecule has 0 radical (unpaired) electrons. The van der Waals surface area contributed by atoms with E-state index in [-0.39, 0.29) is 0 Å². The van der Waals surface area contributed by atoms with Crippen molar-refractivity contribution >= 4 is 34.9 Å². The summed E-state index contributed by atoms with van der Waals surface area (Å²) in [6.45, 7) is 0. The smallest absolute Gasteiger partial charge is 0.0890 e. The Morgan fingerprint density at radius 2 is 1.42 bits per heavy atom. The van der Waals surface area contributed by atoms with Crippen molar-refractivity contribution in [3.63, 3.8) is 0 Å². The van der Waals surface area contributed by atoms with Crippen molar-refractivity contribution < 1.29 is 0 Å². The van der Waals surface area contributed by atoms with E-state index in [4.69, 9.17) is 23.6 Å². The van der Waals surface area contributed by atoms with Crippen molar-refractivity contribution in [3.8, 4) is 0 Å². The van der Waals surface area contributed by atoms with Crippen molar-refractivity contribution in [2.45, 2.75) is 0 Å². The van der Waals surface area contributed by atoms with Crippen LogP contribution in [0.1, 0.15) is 0 Å². The molecule has 0 saturated heterocycles. The molecule has 1 aromatic rings. The fourth-order valence-electron chi connectivity index (χ4n) is 0.705. The van der Waals surface area contributed by atoms with Gasteiger partial charge in [0.2, 0.25) is 0 Å². The predicted molar refractivity (Wildman–Crippen MR) is 47.2 cm³/mol. The average Bonchev–Trinajstić information content (AvgIpc) is 2.06. The number of hydrogen-bond donors (Lipinski definition) is 0. The van der Waals surface area contributed by atoms with Crippen molar-refractivity contribution in [2.24, 2.45) is 19.5 Å². The number of hydrogen-bond acceptors (Lipinski definition) is 4. The summed E-state index contributed by atoms with van der Waals surface area (Å²) in [6.07, 6.45) is 0. The highest BCUT2D eigenvalue weighted by Gasteiger charge is 1.91. The molecular formula is C6H4Cl2N4. The van der Waals surface area contributed by atoms with Crippen molar-refractivity contribution in [1.29, 1.82) is 0 Å². The Morgan fingerprint density at radius 1 is 0.917 bits per heavy atom. The van der Waals surface area contributed by atoms with E-state index in [9.17, 15) is 0 Å². The molecule has 62 valence electrons. The third-order valence-electron chi connectivity index (χ3n) is 1.14. The molecule has 0 bridgehead atoms. The number of nitrogens with zero attached hydrogens (tertiary/aromatic N) is 4. The fourth-order valence-corrected chi connectivity index (χ4v) is 0.879. The second kappa shape index (κ2) is 4.79. The molecule has 12 heavy (non-hydrogen) atoms. The average molecular weight is 203 g/mol. The van der Waals surface area contributed by atoms with E-state index in [1.807, 2.05) is 0 Å². The van der Waals surface area contributed by atoms with Gasteiger partial charge in [0.15, 0.2) is 0 Å². The summed E-state index contributed by atoms with van der Waals surface area (Å²) in [5, 5.41) is 7.19. The van der Waals surface area contributed by atoms with Crippen LogP contribution in [0.25, 0.3) is 0 Å². The normalized spacial score (nSPS) is 11.5. The Balaban J connectivity index is 2.95. The minimum Gasteiger partial charge on any atom is -0.138 e. The van der Waals surface area contributed by atoms with Crippen molar-refractivity contribution in [1.82, 2.24) is 0 Å². The molecule has 0 atom stereocenters. The molecule has 0 heterocycles. The zero-order chi connectivity index (χ0) is 8.81. The summed E-state index contributed by atoms with van der Waals surface area (Å²) < 4.78 is 6.20. The SMILES string of the molecule is Cl/N=N/c1cccc(/N=N/Cl)c1. The molecule has 0 spiro atoms. The maximum atomic E-state index is 5.04. The highest BCUT2D eigenvalue weighted by molar-refractivity contribution is 6.14. The summed E-state index contributed by atoms with van der Waals surface area (Å²) >= 11 is 10.1. The summed E-state index contributed by atoms with van der Waals surface area (Å²) in [5.74, 6) is 0. The van der Waals surface area contributed by atoms with Gasteiger partial charge in [-0.05, 0) is 18.2 Å². The molecule has 0 aliphatic rings. The van der Waals surface area contributed by atoms with Crippen LogP contribution in [-0.2, 0) is 0 Å². The summed E-state index contributed by atoms with van der Waals surface area (Å²) in [7, 11) is 0. The monoisotopic (exact) mass is 202 g/mol. The Hall–Kier alpha value is -1.000.